The van der Waals surface area contributed by atoms with Crippen LogP contribution in [0.4, 0.5) is 5.69 Å². The van der Waals surface area contributed by atoms with Gasteiger partial charge in [-0.1, -0.05) is 70.5 Å². The molecule has 0 aliphatic rings. The van der Waals surface area contributed by atoms with E-state index in [0.29, 0.717) is 28.1 Å². The quantitative estimate of drug-likeness (QED) is 0.169. The van der Waals surface area contributed by atoms with E-state index < -0.39 is 11.8 Å². The fourth-order valence-corrected chi connectivity index (χ4v) is 4.10. The first-order valence-corrected chi connectivity index (χ1v) is 12.8. The van der Waals surface area contributed by atoms with Crippen LogP contribution in [-0.2, 0) is 4.79 Å². The van der Waals surface area contributed by atoms with Crippen molar-refractivity contribution >= 4 is 51.4 Å². The summed E-state index contributed by atoms with van der Waals surface area (Å²) in [6, 6.07) is 30.0. The van der Waals surface area contributed by atoms with Gasteiger partial charge in [-0.25, -0.2) is 0 Å². The number of amides is 2. The summed E-state index contributed by atoms with van der Waals surface area (Å²) in [5.74, 6) is -0.570. The molecule has 6 nitrogen and oxygen atoms in total. The molecule has 0 spiro atoms. The predicted molar refractivity (Wildman–Crippen MR) is 157 cm³/mol. The summed E-state index contributed by atoms with van der Waals surface area (Å²) in [6.45, 7) is 0. The van der Waals surface area contributed by atoms with Gasteiger partial charge in [0.2, 0.25) is 0 Å². The molecule has 0 saturated carbocycles. The van der Waals surface area contributed by atoms with Crippen molar-refractivity contribution in [2.75, 3.05) is 12.4 Å². The van der Waals surface area contributed by atoms with Crippen LogP contribution in [-0.4, -0.2) is 24.7 Å². The number of para-hydroxylation sites is 1. The van der Waals surface area contributed by atoms with Crippen LogP contribution < -0.4 is 15.4 Å². The number of rotatable bonds is 9. The number of methoxy groups -OCH3 is 1. The summed E-state index contributed by atoms with van der Waals surface area (Å²) in [6.07, 6.45) is 4.80. The molecule has 0 bridgehead atoms. The highest BCUT2D eigenvalue weighted by molar-refractivity contribution is 9.10. The maximum absolute atomic E-state index is 13.3. The third-order valence-electron chi connectivity index (χ3n) is 5.67. The van der Waals surface area contributed by atoms with Gasteiger partial charge in [-0.3, -0.25) is 14.4 Å². The smallest absolute Gasteiger partial charge is 0.272 e. The number of allylic oxidation sites excluding steroid dienone is 1. The second kappa shape index (κ2) is 13.2. The molecule has 0 saturated heterocycles. The zero-order valence-electron chi connectivity index (χ0n) is 21.1. The van der Waals surface area contributed by atoms with Gasteiger partial charge >= 0.3 is 0 Å². The molecule has 4 aromatic carbocycles. The topological polar surface area (TPSA) is 84.5 Å². The lowest BCUT2D eigenvalue weighted by Crippen LogP contribution is -2.30. The third kappa shape index (κ3) is 7.63. The fraction of sp³-hybridized carbons (Fsp3) is 0.0312. The summed E-state index contributed by atoms with van der Waals surface area (Å²) in [5.41, 5.74) is 2.90. The predicted octanol–water partition coefficient (Wildman–Crippen LogP) is 6.76. The Morgan fingerprint density at radius 3 is 2.23 bits per heavy atom. The maximum atomic E-state index is 13.3. The Labute approximate surface area is 235 Å². The van der Waals surface area contributed by atoms with Crippen LogP contribution >= 0.6 is 15.9 Å². The van der Waals surface area contributed by atoms with Crippen LogP contribution in [0, 0.1) is 0 Å². The molecule has 0 aliphatic carbocycles. The lowest BCUT2D eigenvalue weighted by atomic mass is 10.1. The number of carbonyl (C=O) groups is 3. The molecule has 0 aliphatic heterocycles. The molecule has 7 heteroatoms. The van der Waals surface area contributed by atoms with Crippen molar-refractivity contribution in [2.24, 2.45) is 0 Å². The SMILES string of the molecule is COc1ccccc1/C=C(\NC(=O)c1ccccc1)C(=O)Nc1ccc(C(=O)/C=C/c2cccc(Br)c2)cc1. The first-order chi connectivity index (χ1) is 18.9. The van der Waals surface area contributed by atoms with E-state index in [1.54, 1.807) is 78.9 Å². The van der Waals surface area contributed by atoms with E-state index in [0.717, 1.165) is 10.0 Å². The molecule has 2 amide bonds. The molecule has 2 N–H and O–H groups in total. The van der Waals surface area contributed by atoms with Crippen molar-refractivity contribution < 1.29 is 19.1 Å². The Morgan fingerprint density at radius 1 is 0.795 bits per heavy atom. The number of anilines is 1. The minimum atomic E-state index is -0.529. The lowest BCUT2D eigenvalue weighted by Gasteiger charge is -2.12. The zero-order chi connectivity index (χ0) is 27.6. The van der Waals surface area contributed by atoms with Gasteiger partial charge in [0.15, 0.2) is 5.78 Å². The first-order valence-electron chi connectivity index (χ1n) is 12.0. The molecule has 39 heavy (non-hydrogen) atoms. The monoisotopic (exact) mass is 580 g/mol. The molecule has 0 fully saturated rings. The number of halogens is 1. The molecular formula is C32H25BrN2O4. The number of carbonyl (C=O) groups excluding carboxylic acids is 3. The number of nitrogens with one attached hydrogen (secondary N) is 2. The molecule has 194 valence electrons. The summed E-state index contributed by atoms with van der Waals surface area (Å²) in [5, 5.41) is 5.50. The van der Waals surface area contributed by atoms with Crippen molar-refractivity contribution in [2.45, 2.75) is 0 Å². The van der Waals surface area contributed by atoms with E-state index in [2.05, 4.69) is 26.6 Å². The van der Waals surface area contributed by atoms with Gasteiger partial charge in [0.25, 0.3) is 11.8 Å². The molecule has 0 heterocycles. The van der Waals surface area contributed by atoms with Gasteiger partial charge in [-0.15, -0.1) is 0 Å². The van der Waals surface area contributed by atoms with Crippen LogP contribution in [0.5, 0.6) is 5.75 Å². The van der Waals surface area contributed by atoms with Gasteiger partial charge in [-0.05, 0) is 72.3 Å². The second-order valence-corrected chi connectivity index (χ2v) is 9.32. The molecule has 0 radical (unpaired) electrons. The molecule has 4 rings (SSSR count). The minimum absolute atomic E-state index is 0.0328. The third-order valence-corrected chi connectivity index (χ3v) is 6.16. The minimum Gasteiger partial charge on any atom is -0.496 e. The largest absolute Gasteiger partial charge is 0.496 e. The Balaban J connectivity index is 1.52. The van der Waals surface area contributed by atoms with Gasteiger partial charge in [0, 0.05) is 26.9 Å². The van der Waals surface area contributed by atoms with Crippen LogP contribution in [0.2, 0.25) is 0 Å². The summed E-state index contributed by atoms with van der Waals surface area (Å²) in [7, 11) is 1.53. The van der Waals surface area contributed by atoms with Gasteiger partial charge in [0.1, 0.15) is 11.4 Å². The Hall–Kier alpha value is -4.75. The maximum Gasteiger partial charge on any atom is 0.272 e. The van der Waals surface area contributed by atoms with Crippen LogP contribution in [0.1, 0.15) is 31.8 Å². The van der Waals surface area contributed by atoms with E-state index >= 15 is 0 Å². The molecule has 0 aromatic heterocycles. The van der Waals surface area contributed by atoms with E-state index in [1.165, 1.54) is 13.2 Å². The number of hydrogen-bond acceptors (Lipinski definition) is 4. The van der Waals surface area contributed by atoms with Gasteiger partial charge in [0.05, 0.1) is 7.11 Å². The fourth-order valence-electron chi connectivity index (χ4n) is 3.68. The van der Waals surface area contributed by atoms with Crippen molar-refractivity contribution in [1.82, 2.24) is 5.32 Å². The highest BCUT2D eigenvalue weighted by Crippen LogP contribution is 2.21. The van der Waals surface area contributed by atoms with Crippen molar-refractivity contribution in [3.8, 4) is 5.75 Å². The standard InChI is InChI=1S/C32H25BrN2O4/c1-39-30-13-6-5-11-25(30)21-28(35-31(37)24-9-3-2-4-10-24)32(38)34-27-17-15-23(16-18-27)29(36)19-14-22-8-7-12-26(33)20-22/h2-21H,1H3,(H,34,38)(H,35,37)/b19-14+,28-21-. The normalized spacial score (nSPS) is 11.2. The van der Waals surface area contributed by atoms with Crippen molar-refractivity contribution in [3.05, 3.63) is 142 Å². The lowest BCUT2D eigenvalue weighted by molar-refractivity contribution is -0.113. The van der Waals surface area contributed by atoms with E-state index in [9.17, 15) is 14.4 Å². The van der Waals surface area contributed by atoms with Crippen LogP contribution in [0.3, 0.4) is 0 Å². The highest BCUT2D eigenvalue weighted by Gasteiger charge is 2.16. The number of ether oxygens (including phenoxy) is 1. The van der Waals surface area contributed by atoms with Crippen molar-refractivity contribution in [1.29, 1.82) is 0 Å². The molecule has 0 atom stereocenters. The molecular weight excluding hydrogens is 556 g/mol. The molecule has 4 aromatic rings. The Morgan fingerprint density at radius 2 is 1.51 bits per heavy atom. The van der Waals surface area contributed by atoms with Crippen molar-refractivity contribution in [3.63, 3.8) is 0 Å². The van der Waals surface area contributed by atoms with E-state index in [-0.39, 0.29) is 11.5 Å². The van der Waals surface area contributed by atoms with Crippen LogP contribution in [0.15, 0.2) is 119 Å². The average molecular weight is 581 g/mol. The number of benzene rings is 4. The second-order valence-electron chi connectivity index (χ2n) is 8.40. The van der Waals surface area contributed by atoms with Gasteiger partial charge < -0.3 is 15.4 Å². The Bertz CT molecular complexity index is 1540. The summed E-state index contributed by atoms with van der Waals surface area (Å²) < 4.78 is 6.32. The first kappa shape index (κ1) is 27.3. The molecule has 0 unspecified atom stereocenters. The highest BCUT2D eigenvalue weighted by atomic mass is 79.9. The van der Waals surface area contributed by atoms with E-state index in [4.69, 9.17) is 4.74 Å². The van der Waals surface area contributed by atoms with Crippen LogP contribution in [0.25, 0.3) is 12.2 Å². The Kier molecular flexibility index (Phi) is 9.21. The number of hydrogen-bond donors (Lipinski definition) is 2. The van der Waals surface area contributed by atoms with E-state index in [1.807, 2.05) is 36.4 Å². The summed E-state index contributed by atoms with van der Waals surface area (Å²) >= 11 is 3.42. The zero-order valence-corrected chi connectivity index (χ0v) is 22.6. The summed E-state index contributed by atoms with van der Waals surface area (Å²) in [4.78, 5) is 38.7. The number of ketones is 1. The van der Waals surface area contributed by atoms with Gasteiger partial charge in [-0.2, -0.15) is 0 Å². The average Bonchev–Trinajstić information content (AvgIpc) is 2.96.